The Hall–Kier alpha value is -0.920. The van der Waals surface area contributed by atoms with Crippen LogP contribution in [0.3, 0.4) is 0 Å². The molecule has 7 heteroatoms. The lowest BCUT2D eigenvalue weighted by Gasteiger charge is -2.22. The lowest BCUT2D eigenvalue weighted by atomic mass is 9.99. The van der Waals surface area contributed by atoms with Crippen molar-refractivity contribution in [2.75, 3.05) is 19.6 Å². The summed E-state index contributed by atoms with van der Waals surface area (Å²) in [6.45, 7) is 2.44. The van der Waals surface area contributed by atoms with Crippen LogP contribution in [0.15, 0.2) is 17.3 Å². The van der Waals surface area contributed by atoms with E-state index in [9.17, 15) is 8.42 Å². The van der Waals surface area contributed by atoms with Crippen molar-refractivity contribution in [2.24, 2.45) is 5.92 Å². The van der Waals surface area contributed by atoms with Crippen molar-refractivity contribution in [1.82, 2.24) is 20.2 Å². The van der Waals surface area contributed by atoms with Gasteiger partial charge in [0.05, 0.1) is 6.20 Å². The maximum atomic E-state index is 11.7. The normalized spacial score (nSPS) is 18.8. The first-order chi connectivity index (χ1) is 7.68. The third kappa shape index (κ3) is 2.81. The number of aromatic nitrogens is 2. The van der Waals surface area contributed by atoms with Crippen LogP contribution in [0.1, 0.15) is 12.8 Å². The van der Waals surface area contributed by atoms with Gasteiger partial charge in [0.25, 0.3) is 10.0 Å². The number of rotatable bonds is 4. The van der Waals surface area contributed by atoms with E-state index in [0.717, 1.165) is 25.9 Å². The Bertz CT molecular complexity index is 409. The number of aromatic amines is 1. The fourth-order valence-corrected chi connectivity index (χ4v) is 2.81. The summed E-state index contributed by atoms with van der Waals surface area (Å²) >= 11 is 0. The molecule has 0 saturated carbocycles. The van der Waals surface area contributed by atoms with Crippen LogP contribution in [-0.2, 0) is 10.0 Å². The second kappa shape index (κ2) is 4.94. The Morgan fingerprint density at radius 3 is 2.81 bits per heavy atom. The SMILES string of the molecule is O=S(=O)(NCC1CCNCC1)c1ccn[nH]1. The van der Waals surface area contributed by atoms with Gasteiger partial charge in [0.15, 0.2) is 5.03 Å². The van der Waals surface area contributed by atoms with Gasteiger partial charge in [0.1, 0.15) is 0 Å². The Morgan fingerprint density at radius 2 is 2.19 bits per heavy atom. The minimum atomic E-state index is -3.40. The van der Waals surface area contributed by atoms with Gasteiger partial charge in [-0.25, -0.2) is 13.1 Å². The van der Waals surface area contributed by atoms with Crippen LogP contribution < -0.4 is 10.0 Å². The fraction of sp³-hybridized carbons (Fsp3) is 0.667. The van der Waals surface area contributed by atoms with E-state index in [-0.39, 0.29) is 5.03 Å². The molecule has 1 saturated heterocycles. The quantitative estimate of drug-likeness (QED) is 0.678. The first-order valence-electron chi connectivity index (χ1n) is 5.38. The van der Waals surface area contributed by atoms with Crippen molar-refractivity contribution < 1.29 is 8.42 Å². The maximum Gasteiger partial charge on any atom is 0.257 e. The van der Waals surface area contributed by atoms with E-state index in [1.54, 1.807) is 0 Å². The van der Waals surface area contributed by atoms with Crippen LogP contribution in [0.25, 0.3) is 0 Å². The Labute approximate surface area is 94.9 Å². The average molecular weight is 244 g/mol. The highest BCUT2D eigenvalue weighted by molar-refractivity contribution is 7.89. The van der Waals surface area contributed by atoms with E-state index < -0.39 is 10.0 Å². The number of nitrogens with zero attached hydrogens (tertiary/aromatic N) is 1. The predicted molar refractivity (Wildman–Crippen MR) is 59.4 cm³/mol. The molecule has 1 aromatic rings. The number of hydrogen-bond acceptors (Lipinski definition) is 4. The fourth-order valence-electron chi connectivity index (χ4n) is 1.78. The zero-order valence-corrected chi connectivity index (χ0v) is 9.76. The summed E-state index contributed by atoms with van der Waals surface area (Å²) in [6, 6.07) is 1.45. The molecule has 0 spiro atoms. The molecular weight excluding hydrogens is 228 g/mol. The van der Waals surface area contributed by atoms with Crippen molar-refractivity contribution in [3.8, 4) is 0 Å². The third-order valence-electron chi connectivity index (χ3n) is 2.79. The van der Waals surface area contributed by atoms with Gasteiger partial charge in [-0.05, 0) is 37.9 Å². The molecule has 0 bridgehead atoms. The highest BCUT2D eigenvalue weighted by atomic mass is 32.2. The maximum absolute atomic E-state index is 11.7. The molecule has 0 aliphatic carbocycles. The summed E-state index contributed by atoms with van der Waals surface area (Å²) in [6.07, 6.45) is 3.47. The molecule has 0 radical (unpaired) electrons. The smallest absolute Gasteiger partial charge is 0.257 e. The molecule has 0 amide bonds. The van der Waals surface area contributed by atoms with E-state index in [1.807, 2.05) is 0 Å². The Morgan fingerprint density at radius 1 is 1.44 bits per heavy atom. The molecule has 90 valence electrons. The van der Waals surface area contributed by atoms with Gasteiger partial charge < -0.3 is 5.32 Å². The summed E-state index contributed by atoms with van der Waals surface area (Å²) in [5.74, 6) is 0.430. The topological polar surface area (TPSA) is 86.9 Å². The van der Waals surface area contributed by atoms with Gasteiger partial charge in [0.2, 0.25) is 0 Å². The number of sulfonamides is 1. The molecule has 2 rings (SSSR count). The molecule has 1 aliphatic heterocycles. The zero-order chi connectivity index (χ0) is 11.4. The predicted octanol–water partition coefficient (Wildman–Crippen LogP) is -0.312. The lowest BCUT2D eigenvalue weighted by molar-refractivity contribution is 0.372. The standard InChI is InChI=1S/C9H16N4O2S/c14-16(15,9-3-6-11-13-9)12-7-8-1-4-10-5-2-8/h3,6,8,10,12H,1-2,4-5,7H2,(H,11,13). The summed E-state index contributed by atoms with van der Waals surface area (Å²) in [5, 5.41) is 9.45. The number of piperidine rings is 1. The van der Waals surface area contributed by atoms with Crippen molar-refractivity contribution in [2.45, 2.75) is 17.9 Å². The number of H-pyrrole nitrogens is 1. The molecule has 6 nitrogen and oxygen atoms in total. The Balaban J connectivity index is 1.89. The minimum Gasteiger partial charge on any atom is -0.317 e. The third-order valence-corrected chi connectivity index (χ3v) is 4.14. The van der Waals surface area contributed by atoms with Crippen LogP contribution in [0.4, 0.5) is 0 Å². The number of hydrogen-bond donors (Lipinski definition) is 3. The van der Waals surface area contributed by atoms with Crippen LogP contribution in [-0.4, -0.2) is 38.2 Å². The molecule has 2 heterocycles. The molecule has 0 aromatic carbocycles. The van der Waals surface area contributed by atoms with Crippen molar-refractivity contribution in [3.05, 3.63) is 12.3 Å². The van der Waals surface area contributed by atoms with Gasteiger partial charge >= 0.3 is 0 Å². The van der Waals surface area contributed by atoms with E-state index >= 15 is 0 Å². The summed E-state index contributed by atoms with van der Waals surface area (Å²) in [5.41, 5.74) is 0. The molecule has 0 unspecified atom stereocenters. The monoisotopic (exact) mass is 244 g/mol. The zero-order valence-electron chi connectivity index (χ0n) is 8.94. The van der Waals surface area contributed by atoms with Gasteiger partial charge in [-0.15, -0.1) is 0 Å². The van der Waals surface area contributed by atoms with Gasteiger partial charge in [0, 0.05) is 6.54 Å². The largest absolute Gasteiger partial charge is 0.317 e. The second-order valence-electron chi connectivity index (χ2n) is 3.97. The molecule has 1 aromatic heterocycles. The molecule has 16 heavy (non-hydrogen) atoms. The van der Waals surface area contributed by atoms with Crippen molar-refractivity contribution in [3.63, 3.8) is 0 Å². The van der Waals surface area contributed by atoms with Crippen molar-refractivity contribution in [1.29, 1.82) is 0 Å². The van der Waals surface area contributed by atoms with Crippen LogP contribution in [0.5, 0.6) is 0 Å². The van der Waals surface area contributed by atoms with Crippen LogP contribution in [0, 0.1) is 5.92 Å². The minimum absolute atomic E-state index is 0.126. The van der Waals surface area contributed by atoms with Crippen molar-refractivity contribution >= 4 is 10.0 Å². The number of nitrogens with one attached hydrogen (secondary N) is 3. The van der Waals surface area contributed by atoms with E-state index in [2.05, 4.69) is 20.2 Å². The summed E-state index contributed by atoms with van der Waals surface area (Å²) in [4.78, 5) is 0. The first-order valence-corrected chi connectivity index (χ1v) is 6.86. The summed E-state index contributed by atoms with van der Waals surface area (Å²) < 4.78 is 26.1. The van der Waals surface area contributed by atoms with Crippen LogP contribution in [0.2, 0.25) is 0 Å². The summed E-state index contributed by atoms with van der Waals surface area (Å²) in [7, 11) is -3.40. The molecule has 1 aliphatic rings. The van der Waals surface area contributed by atoms with E-state index in [0.29, 0.717) is 12.5 Å². The molecule has 3 N–H and O–H groups in total. The van der Waals surface area contributed by atoms with Gasteiger partial charge in [-0.1, -0.05) is 0 Å². The Kier molecular flexibility index (Phi) is 3.57. The van der Waals surface area contributed by atoms with Gasteiger partial charge in [-0.2, -0.15) is 5.10 Å². The van der Waals surface area contributed by atoms with Crippen LogP contribution >= 0.6 is 0 Å². The van der Waals surface area contributed by atoms with Gasteiger partial charge in [-0.3, -0.25) is 5.10 Å². The molecule has 0 atom stereocenters. The first kappa shape index (κ1) is 11.6. The lowest BCUT2D eigenvalue weighted by Crippen LogP contribution is -2.36. The molecular formula is C9H16N4O2S. The van der Waals surface area contributed by atoms with E-state index in [1.165, 1.54) is 12.3 Å². The molecule has 1 fully saturated rings. The highest BCUT2D eigenvalue weighted by Crippen LogP contribution is 2.11. The highest BCUT2D eigenvalue weighted by Gasteiger charge is 2.19. The average Bonchev–Trinajstić information content (AvgIpc) is 2.82. The second-order valence-corrected chi connectivity index (χ2v) is 5.70. The van der Waals surface area contributed by atoms with E-state index in [4.69, 9.17) is 0 Å².